The second-order valence-corrected chi connectivity index (χ2v) is 8.30. The molecule has 2 atom stereocenters. The van der Waals surface area contributed by atoms with Crippen molar-refractivity contribution < 1.29 is 14.3 Å². The van der Waals surface area contributed by atoms with E-state index in [9.17, 15) is 9.59 Å². The molecule has 0 bridgehead atoms. The van der Waals surface area contributed by atoms with E-state index in [2.05, 4.69) is 27.9 Å². The number of amides is 2. The van der Waals surface area contributed by atoms with Crippen LogP contribution in [0.15, 0.2) is 54.6 Å². The van der Waals surface area contributed by atoms with Gasteiger partial charge in [-0.2, -0.15) is 0 Å². The Hall–Kier alpha value is -2.09. The molecule has 29 heavy (non-hydrogen) atoms. The molecule has 2 rings (SSSR count). The van der Waals surface area contributed by atoms with Gasteiger partial charge in [-0.25, -0.2) is 0 Å². The Kier molecular flexibility index (Phi) is 9.44. The Morgan fingerprint density at radius 1 is 1.07 bits per heavy atom. The van der Waals surface area contributed by atoms with E-state index in [0.29, 0.717) is 18.7 Å². The Balaban J connectivity index is 2.05. The normalized spacial score (nSPS) is 12.7. The summed E-state index contributed by atoms with van der Waals surface area (Å²) >= 11 is 2.22. The predicted molar refractivity (Wildman–Crippen MR) is 124 cm³/mol. The van der Waals surface area contributed by atoms with Gasteiger partial charge in [0.05, 0.1) is 0 Å². The van der Waals surface area contributed by atoms with E-state index in [-0.39, 0.29) is 24.5 Å². The van der Waals surface area contributed by atoms with Crippen LogP contribution in [0.25, 0.3) is 0 Å². The lowest BCUT2D eigenvalue weighted by Crippen LogP contribution is -2.51. The molecule has 6 heteroatoms. The number of ether oxygens (including phenoxy) is 1. The summed E-state index contributed by atoms with van der Waals surface area (Å²) in [7, 11) is 0. The largest absolute Gasteiger partial charge is 0.484 e. The first-order chi connectivity index (χ1) is 13.9. The number of halogens is 1. The van der Waals surface area contributed by atoms with Gasteiger partial charge in [0.15, 0.2) is 6.61 Å². The second-order valence-electron chi connectivity index (χ2n) is 7.06. The zero-order valence-electron chi connectivity index (χ0n) is 17.2. The van der Waals surface area contributed by atoms with E-state index in [0.717, 1.165) is 15.6 Å². The first-order valence-corrected chi connectivity index (χ1v) is 11.0. The Morgan fingerprint density at radius 3 is 2.34 bits per heavy atom. The molecule has 0 heterocycles. The van der Waals surface area contributed by atoms with Gasteiger partial charge in [0.1, 0.15) is 11.8 Å². The van der Waals surface area contributed by atoms with E-state index >= 15 is 0 Å². The summed E-state index contributed by atoms with van der Waals surface area (Å²) in [5, 5.41) is 2.97. The van der Waals surface area contributed by atoms with Crippen LogP contribution in [0.3, 0.4) is 0 Å². The third-order valence-electron chi connectivity index (χ3n) is 4.83. The van der Waals surface area contributed by atoms with Gasteiger partial charge in [0, 0.05) is 16.2 Å². The maximum Gasteiger partial charge on any atom is 0.261 e. The molecule has 0 aliphatic carbocycles. The van der Waals surface area contributed by atoms with Crippen LogP contribution >= 0.6 is 22.6 Å². The number of hydrogen-bond donors (Lipinski definition) is 1. The summed E-state index contributed by atoms with van der Waals surface area (Å²) in [5.41, 5.74) is 1.12. The molecule has 5 nitrogen and oxygen atoms in total. The summed E-state index contributed by atoms with van der Waals surface area (Å²) in [6, 6.07) is 17.0. The van der Waals surface area contributed by atoms with E-state index in [1.165, 1.54) is 0 Å². The fraction of sp³-hybridized carbons (Fsp3) is 0.391. The van der Waals surface area contributed by atoms with Crippen LogP contribution in [0.5, 0.6) is 5.75 Å². The lowest BCUT2D eigenvalue weighted by atomic mass is 10.1. The first-order valence-electron chi connectivity index (χ1n) is 9.92. The zero-order chi connectivity index (χ0) is 21.2. The highest BCUT2D eigenvalue weighted by atomic mass is 127. The second kappa shape index (κ2) is 11.8. The lowest BCUT2D eigenvalue weighted by molar-refractivity contribution is -0.141. The standard InChI is InChI=1S/C23H29IN2O3/c1-4-17(2)25-23(28)18(3)26(15-14-19-8-6-5-7-9-19)22(27)16-29-21-12-10-20(24)11-13-21/h5-13,17-18H,4,14-16H2,1-3H3,(H,25,28)/t17-,18+/m1/s1. The third kappa shape index (κ3) is 7.68. The summed E-state index contributed by atoms with van der Waals surface area (Å²) in [6.45, 7) is 6.10. The summed E-state index contributed by atoms with van der Waals surface area (Å²) < 4.78 is 6.76. The zero-order valence-corrected chi connectivity index (χ0v) is 19.4. The van der Waals surface area contributed by atoms with Crippen molar-refractivity contribution in [1.29, 1.82) is 0 Å². The Labute approximate surface area is 187 Å². The van der Waals surface area contributed by atoms with Gasteiger partial charge in [0.25, 0.3) is 5.91 Å². The van der Waals surface area contributed by atoms with E-state index in [1.54, 1.807) is 11.8 Å². The van der Waals surface area contributed by atoms with Crippen molar-refractivity contribution in [2.45, 2.75) is 45.7 Å². The lowest BCUT2D eigenvalue weighted by Gasteiger charge is -2.29. The van der Waals surface area contributed by atoms with Crippen LogP contribution in [-0.4, -0.2) is 41.9 Å². The maximum absolute atomic E-state index is 12.9. The number of nitrogens with zero attached hydrogens (tertiary/aromatic N) is 1. The summed E-state index contributed by atoms with van der Waals surface area (Å²) in [4.78, 5) is 27.2. The van der Waals surface area contributed by atoms with Crippen LogP contribution < -0.4 is 10.1 Å². The van der Waals surface area contributed by atoms with Crippen molar-refractivity contribution in [1.82, 2.24) is 10.2 Å². The SMILES string of the molecule is CC[C@@H](C)NC(=O)[C@H](C)N(CCc1ccccc1)C(=O)COc1ccc(I)cc1. The maximum atomic E-state index is 12.9. The van der Waals surface area contributed by atoms with Gasteiger partial charge >= 0.3 is 0 Å². The van der Waals surface area contributed by atoms with Gasteiger partial charge in [0.2, 0.25) is 5.91 Å². The molecule has 0 unspecified atom stereocenters. The highest BCUT2D eigenvalue weighted by molar-refractivity contribution is 14.1. The molecule has 2 aromatic rings. The van der Waals surface area contributed by atoms with Crippen LogP contribution in [0.1, 0.15) is 32.8 Å². The number of rotatable bonds is 10. The van der Waals surface area contributed by atoms with E-state index < -0.39 is 6.04 Å². The molecule has 2 aromatic carbocycles. The number of hydrogen-bond acceptors (Lipinski definition) is 3. The molecule has 2 amide bonds. The van der Waals surface area contributed by atoms with Crippen molar-refractivity contribution in [3.05, 3.63) is 63.7 Å². The first kappa shape index (κ1) is 23.2. The molecule has 0 aliphatic rings. The van der Waals surface area contributed by atoms with Crippen molar-refractivity contribution in [3.63, 3.8) is 0 Å². The van der Waals surface area contributed by atoms with Gasteiger partial charge in [-0.15, -0.1) is 0 Å². The average molecular weight is 508 g/mol. The van der Waals surface area contributed by atoms with Crippen molar-refractivity contribution >= 4 is 34.4 Å². The van der Waals surface area contributed by atoms with Crippen molar-refractivity contribution in [3.8, 4) is 5.75 Å². The quantitative estimate of drug-likeness (QED) is 0.493. The monoisotopic (exact) mass is 508 g/mol. The van der Waals surface area contributed by atoms with Crippen molar-refractivity contribution in [2.24, 2.45) is 0 Å². The Morgan fingerprint density at radius 2 is 1.72 bits per heavy atom. The smallest absolute Gasteiger partial charge is 0.261 e. The topological polar surface area (TPSA) is 58.6 Å². The minimum atomic E-state index is -0.569. The molecule has 0 aromatic heterocycles. The van der Waals surface area contributed by atoms with Crippen LogP contribution in [0.2, 0.25) is 0 Å². The number of nitrogens with one attached hydrogen (secondary N) is 1. The van der Waals surface area contributed by atoms with Gasteiger partial charge in [-0.1, -0.05) is 37.3 Å². The molecule has 0 radical (unpaired) electrons. The van der Waals surface area contributed by atoms with Crippen LogP contribution in [0.4, 0.5) is 0 Å². The third-order valence-corrected chi connectivity index (χ3v) is 5.55. The minimum absolute atomic E-state index is 0.0686. The molecule has 0 saturated heterocycles. The Bertz CT molecular complexity index is 780. The molecule has 0 fully saturated rings. The molecule has 0 aliphatic heterocycles. The molecular formula is C23H29IN2O3. The fourth-order valence-corrected chi connectivity index (χ4v) is 3.15. The highest BCUT2D eigenvalue weighted by Gasteiger charge is 2.26. The molecule has 0 saturated carbocycles. The fourth-order valence-electron chi connectivity index (χ4n) is 2.79. The highest BCUT2D eigenvalue weighted by Crippen LogP contribution is 2.14. The molecule has 0 spiro atoms. The number of carbonyl (C=O) groups excluding carboxylic acids is 2. The van der Waals surface area contributed by atoms with Crippen LogP contribution in [-0.2, 0) is 16.0 Å². The van der Waals surface area contributed by atoms with Crippen molar-refractivity contribution in [2.75, 3.05) is 13.2 Å². The molecule has 156 valence electrons. The number of benzene rings is 2. The van der Waals surface area contributed by atoms with Gasteiger partial charge in [-0.05, 0) is 79.1 Å². The van der Waals surface area contributed by atoms with Gasteiger partial charge < -0.3 is 15.0 Å². The van der Waals surface area contributed by atoms with E-state index in [1.807, 2.05) is 68.4 Å². The van der Waals surface area contributed by atoms with Gasteiger partial charge in [-0.3, -0.25) is 9.59 Å². The molecular weight excluding hydrogens is 479 g/mol. The summed E-state index contributed by atoms with van der Waals surface area (Å²) in [5.74, 6) is 0.291. The number of carbonyl (C=O) groups is 2. The van der Waals surface area contributed by atoms with E-state index in [4.69, 9.17) is 4.74 Å². The predicted octanol–water partition coefficient (Wildman–Crippen LogP) is 4.04. The summed E-state index contributed by atoms with van der Waals surface area (Å²) in [6.07, 6.45) is 1.52. The van der Waals surface area contributed by atoms with Crippen LogP contribution in [0, 0.1) is 3.57 Å². The minimum Gasteiger partial charge on any atom is -0.484 e. The molecule has 1 N–H and O–H groups in total. The average Bonchev–Trinajstić information content (AvgIpc) is 2.73.